The molecular weight excluding hydrogens is 206 g/mol. The van der Waals surface area contributed by atoms with Crippen molar-refractivity contribution in [2.75, 3.05) is 25.2 Å². The molecule has 5 nitrogen and oxygen atoms in total. The normalized spacial score (nSPS) is 9.21. The highest BCUT2D eigenvalue weighted by Crippen LogP contribution is 2.01. The van der Waals surface area contributed by atoms with Gasteiger partial charge in [-0.3, -0.25) is 14.4 Å². The molecule has 1 amide bonds. The summed E-state index contributed by atoms with van der Waals surface area (Å²) in [5.74, 6) is 0.260. The van der Waals surface area contributed by atoms with Crippen LogP contribution in [0.1, 0.15) is 6.42 Å². The van der Waals surface area contributed by atoms with Crippen LogP contribution in [-0.4, -0.2) is 43.3 Å². The van der Waals surface area contributed by atoms with Crippen molar-refractivity contribution in [3.8, 4) is 0 Å². The zero-order valence-electron chi connectivity index (χ0n) is 7.95. The first-order valence-corrected chi connectivity index (χ1v) is 5.19. The summed E-state index contributed by atoms with van der Waals surface area (Å²) in [5, 5.41) is 2.47. The first-order valence-electron chi connectivity index (χ1n) is 4.04. The monoisotopic (exact) mass is 219 g/mol. The minimum atomic E-state index is -0.512. The molecule has 0 heterocycles. The van der Waals surface area contributed by atoms with E-state index in [9.17, 15) is 14.4 Å². The minimum Gasteiger partial charge on any atom is -0.469 e. The van der Waals surface area contributed by atoms with Crippen LogP contribution in [0, 0.1) is 0 Å². The Morgan fingerprint density at radius 1 is 1.50 bits per heavy atom. The van der Waals surface area contributed by atoms with Crippen LogP contribution in [0.3, 0.4) is 0 Å². The summed E-state index contributed by atoms with van der Waals surface area (Å²) in [7, 11) is 1.25. The zero-order chi connectivity index (χ0) is 10.8. The molecule has 0 saturated heterocycles. The number of methoxy groups -OCH3 is 1. The van der Waals surface area contributed by atoms with Crippen molar-refractivity contribution in [1.29, 1.82) is 0 Å². The van der Waals surface area contributed by atoms with Gasteiger partial charge >= 0.3 is 5.97 Å². The largest absolute Gasteiger partial charge is 0.469 e. The summed E-state index contributed by atoms with van der Waals surface area (Å²) in [6, 6.07) is 0. The first-order chi connectivity index (χ1) is 6.70. The Balaban J connectivity index is 3.35. The van der Waals surface area contributed by atoms with Crippen molar-refractivity contribution >= 4 is 29.9 Å². The average Bonchev–Trinajstić information content (AvgIpc) is 2.17. The van der Waals surface area contributed by atoms with Gasteiger partial charge in [-0.1, -0.05) is 0 Å². The number of rotatable bonds is 8. The van der Waals surface area contributed by atoms with Crippen LogP contribution in [0.5, 0.6) is 0 Å². The van der Waals surface area contributed by atoms with Gasteiger partial charge in [0.25, 0.3) is 0 Å². The third-order valence-electron chi connectivity index (χ3n) is 1.31. The van der Waals surface area contributed by atoms with Crippen molar-refractivity contribution in [2.24, 2.45) is 0 Å². The zero-order valence-corrected chi connectivity index (χ0v) is 8.76. The molecule has 1 N–H and O–H groups in total. The van der Waals surface area contributed by atoms with Gasteiger partial charge in [-0.25, -0.2) is 0 Å². The summed E-state index contributed by atoms with van der Waals surface area (Å²) < 4.78 is 4.34. The van der Waals surface area contributed by atoms with E-state index in [2.05, 4.69) is 10.1 Å². The topological polar surface area (TPSA) is 72.5 Å². The maximum absolute atomic E-state index is 11.0. The van der Waals surface area contributed by atoms with Crippen LogP contribution in [0.15, 0.2) is 0 Å². The number of carbonyl (C=O) groups excluding carboxylic acids is 3. The van der Waals surface area contributed by atoms with Gasteiger partial charge in [0.15, 0.2) is 5.78 Å². The molecule has 0 aromatic carbocycles. The number of hydrogen-bond donors (Lipinski definition) is 1. The van der Waals surface area contributed by atoms with Crippen molar-refractivity contribution in [3.05, 3.63) is 0 Å². The summed E-state index contributed by atoms with van der Waals surface area (Å²) in [5.41, 5.74) is 0. The highest BCUT2D eigenvalue weighted by molar-refractivity contribution is 7.99. The van der Waals surface area contributed by atoms with E-state index in [4.69, 9.17) is 0 Å². The van der Waals surface area contributed by atoms with Crippen molar-refractivity contribution < 1.29 is 19.1 Å². The molecule has 0 radical (unpaired) electrons. The van der Waals surface area contributed by atoms with Crippen LogP contribution in [-0.2, 0) is 19.1 Å². The number of ketones is 1. The molecular formula is C8H13NO4S. The Bertz CT molecular complexity index is 208. The Labute approximate surface area is 86.6 Å². The number of esters is 1. The van der Waals surface area contributed by atoms with Gasteiger partial charge in [0.1, 0.15) is 6.42 Å². The standard InChI is InChI=1S/C8H13NO4S/c1-13-8(12)4-7(11)5-14-3-2-9-6-10/h6H,2-5H2,1H3,(H,9,10). The van der Waals surface area contributed by atoms with Crippen LogP contribution in [0.25, 0.3) is 0 Å². The Hall–Kier alpha value is -1.04. The lowest BCUT2D eigenvalue weighted by Crippen LogP contribution is -2.16. The molecule has 0 bridgehead atoms. The summed E-state index contributed by atoms with van der Waals surface area (Å²) in [4.78, 5) is 31.5. The van der Waals surface area contributed by atoms with Crippen LogP contribution in [0.4, 0.5) is 0 Å². The highest BCUT2D eigenvalue weighted by Gasteiger charge is 2.08. The van der Waals surface area contributed by atoms with E-state index < -0.39 is 5.97 Å². The van der Waals surface area contributed by atoms with E-state index in [1.807, 2.05) is 0 Å². The van der Waals surface area contributed by atoms with Crippen LogP contribution < -0.4 is 5.32 Å². The molecule has 0 rings (SSSR count). The molecule has 14 heavy (non-hydrogen) atoms. The number of nitrogens with one attached hydrogen (secondary N) is 1. The number of thioether (sulfide) groups is 1. The van der Waals surface area contributed by atoms with E-state index in [0.29, 0.717) is 18.7 Å². The molecule has 0 atom stereocenters. The maximum atomic E-state index is 11.0. The van der Waals surface area contributed by atoms with Gasteiger partial charge in [-0.15, -0.1) is 0 Å². The molecule has 6 heteroatoms. The smallest absolute Gasteiger partial charge is 0.313 e. The molecule has 0 spiro atoms. The van der Waals surface area contributed by atoms with Crippen molar-refractivity contribution in [1.82, 2.24) is 5.32 Å². The summed E-state index contributed by atoms with van der Waals surface area (Å²) in [6.07, 6.45) is 0.432. The molecule has 0 unspecified atom stereocenters. The second-order valence-corrected chi connectivity index (χ2v) is 3.52. The van der Waals surface area contributed by atoms with Gasteiger partial charge in [0.05, 0.1) is 12.9 Å². The average molecular weight is 219 g/mol. The first kappa shape index (κ1) is 13.0. The molecule has 0 saturated carbocycles. The van der Waals surface area contributed by atoms with E-state index in [1.165, 1.54) is 18.9 Å². The lowest BCUT2D eigenvalue weighted by atomic mass is 10.3. The maximum Gasteiger partial charge on any atom is 0.313 e. The number of hydrogen-bond acceptors (Lipinski definition) is 5. The molecule has 0 fully saturated rings. The predicted octanol–water partition coefficient (Wildman–Crippen LogP) is -0.402. The molecule has 0 aromatic heterocycles. The third kappa shape index (κ3) is 7.60. The van der Waals surface area contributed by atoms with E-state index in [0.717, 1.165) is 0 Å². The Kier molecular flexibility index (Phi) is 7.92. The second-order valence-electron chi connectivity index (χ2n) is 2.42. The lowest BCUT2D eigenvalue weighted by Gasteiger charge is -2.00. The Morgan fingerprint density at radius 3 is 2.79 bits per heavy atom. The summed E-state index contributed by atoms with van der Waals surface area (Å²) >= 11 is 1.38. The van der Waals surface area contributed by atoms with Gasteiger partial charge < -0.3 is 10.1 Å². The van der Waals surface area contributed by atoms with E-state index in [-0.39, 0.29) is 18.0 Å². The van der Waals surface area contributed by atoms with Gasteiger partial charge in [0.2, 0.25) is 6.41 Å². The number of Topliss-reactive ketones (excluding diaryl/α,β-unsaturated/α-hetero) is 1. The molecule has 0 aliphatic carbocycles. The van der Waals surface area contributed by atoms with Crippen LogP contribution in [0.2, 0.25) is 0 Å². The lowest BCUT2D eigenvalue weighted by molar-refractivity contribution is -0.142. The number of amides is 1. The fraction of sp³-hybridized carbons (Fsp3) is 0.625. The number of carbonyl (C=O) groups is 3. The molecule has 0 aliphatic heterocycles. The van der Waals surface area contributed by atoms with Crippen molar-refractivity contribution in [2.45, 2.75) is 6.42 Å². The van der Waals surface area contributed by atoms with Gasteiger partial charge in [-0.2, -0.15) is 11.8 Å². The summed E-state index contributed by atoms with van der Waals surface area (Å²) in [6.45, 7) is 0.527. The van der Waals surface area contributed by atoms with Crippen molar-refractivity contribution in [3.63, 3.8) is 0 Å². The highest BCUT2D eigenvalue weighted by atomic mass is 32.2. The fourth-order valence-corrected chi connectivity index (χ4v) is 1.40. The fourth-order valence-electron chi connectivity index (χ4n) is 0.660. The molecule has 0 aliphatic rings. The minimum absolute atomic E-state index is 0.159. The predicted molar refractivity (Wildman–Crippen MR) is 53.0 cm³/mol. The third-order valence-corrected chi connectivity index (χ3v) is 2.33. The second kappa shape index (κ2) is 8.55. The van der Waals surface area contributed by atoms with E-state index in [1.54, 1.807) is 0 Å². The van der Waals surface area contributed by atoms with Gasteiger partial charge in [-0.05, 0) is 0 Å². The number of ether oxygens (including phenoxy) is 1. The molecule has 0 aromatic rings. The van der Waals surface area contributed by atoms with E-state index >= 15 is 0 Å². The SMILES string of the molecule is COC(=O)CC(=O)CSCCNC=O. The molecule has 80 valence electrons. The van der Waals surface area contributed by atoms with Crippen LogP contribution >= 0.6 is 11.8 Å². The van der Waals surface area contributed by atoms with Gasteiger partial charge in [0, 0.05) is 12.3 Å². The quantitative estimate of drug-likeness (QED) is 0.260. The Morgan fingerprint density at radius 2 is 2.21 bits per heavy atom.